The van der Waals surface area contributed by atoms with Crippen LogP contribution in [-0.2, 0) is 19.3 Å². The third kappa shape index (κ3) is 6.59. The van der Waals surface area contributed by atoms with Crippen molar-refractivity contribution in [1.82, 2.24) is 0 Å². The Balaban J connectivity index is 1.32. The molecule has 4 rings (SSSR count). The summed E-state index contributed by atoms with van der Waals surface area (Å²) in [4.78, 5) is 0. The largest absolute Gasteiger partial charge is 0.206 e. The van der Waals surface area contributed by atoms with Crippen LogP contribution < -0.4 is 0 Å². The zero-order valence-electron chi connectivity index (χ0n) is 21.2. The van der Waals surface area contributed by atoms with Crippen molar-refractivity contribution in [3.05, 3.63) is 94.8 Å². The van der Waals surface area contributed by atoms with Crippen LogP contribution in [-0.4, -0.2) is 0 Å². The molecule has 0 heterocycles. The molecule has 0 radical (unpaired) electrons. The highest BCUT2D eigenvalue weighted by Gasteiger charge is 2.22. The number of hydrogen-bond acceptors (Lipinski definition) is 0. The Labute approximate surface area is 206 Å². The lowest BCUT2D eigenvalue weighted by atomic mass is 9.77. The monoisotopic (exact) mass is 456 g/mol. The summed E-state index contributed by atoms with van der Waals surface area (Å²) in [5.74, 6) is 1.31. The summed E-state index contributed by atoms with van der Waals surface area (Å²) in [5, 5.41) is 0. The van der Waals surface area contributed by atoms with Crippen molar-refractivity contribution in [2.45, 2.75) is 90.4 Å². The van der Waals surface area contributed by atoms with Crippen molar-refractivity contribution in [3.8, 4) is 11.1 Å². The van der Waals surface area contributed by atoms with Gasteiger partial charge in [0.25, 0.3) is 0 Å². The number of unbranched alkanes of at least 4 members (excludes halogenated alkanes) is 2. The van der Waals surface area contributed by atoms with E-state index in [4.69, 9.17) is 0 Å². The number of halogens is 1. The number of hydrogen-bond donors (Lipinski definition) is 0. The molecule has 0 aromatic heterocycles. The molecule has 1 fully saturated rings. The van der Waals surface area contributed by atoms with Gasteiger partial charge in [0, 0.05) is 5.56 Å². The second kappa shape index (κ2) is 12.3. The zero-order valence-corrected chi connectivity index (χ0v) is 21.2. The maximum Gasteiger partial charge on any atom is 0.131 e. The molecule has 3 aromatic rings. The molecule has 1 heteroatoms. The molecular formula is C33H41F. The van der Waals surface area contributed by atoms with Crippen LogP contribution in [0.15, 0.2) is 66.7 Å². The summed E-state index contributed by atoms with van der Waals surface area (Å²) in [7, 11) is 0. The highest BCUT2D eigenvalue weighted by molar-refractivity contribution is 5.65. The van der Waals surface area contributed by atoms with Gasteiger partial charge in [-0.3, -0.25) is 0 Å². The van der Waals surface area contributed by atoms with Gasteiger partial charge >= 0.3 is 0 Å². The smallest absolute Gasteiger partial charge is 0.131 e. The summed E-state index contributed by atoms with van der Waals surface area (Å²) < 4.78 is 15.0. The van der Waals surface area contributed by atoms with Gasteiger partial charge in [0.2, 0.25) is 0 Å². The standard InChI is InChI=1S/C33H41F/c1-3-5-6-7-26-8-10-27(11-9-26)12-13-28-16-20-30(21-17-28)32-23-22-31(24-33(32)34)29-18-14-25(4-2)15-19-29/h8-11,16-17,20-25,29H,3-7,12-15,18-19H2,1-2H3. The third-order valence-corrected chi connectivity index (χ3v) is 7.95. The minimum Gasteiger partial charge on any atom is -0.206 e. The van der Waals surface area contributed by atoms with E-state index in [1.54, 1.807) is 6.07 Å². The van der Waals surface area contributed by atoms with Gasteiger partial charge in [-0.2, -0.15) is 0 Å². The van der Waals surface area contributed by atoms with Crippen molar-refractivity contribution >= 4 is 0 Å². The van der Waals surface area contributed by atoms with Crippen LogP contribution in [0.2, 0.25) is 0 Å². The Hall–Kier alpha value is -2.41. The molecule has 0 N–H and O–H groups in total. The van der Waals surface area contributed by atoms with E-state index >= 15 is 4.39 Å². The van der Waals surface area contributed by atoms with Crippen LogP contribution in [0.4, 0.5) is 4.39 Å². The van der Waals surface area contributed by atoms with Crippen LogP contribution >= 0.6 is 0 Å². The molecule has 34 heavy (non-hydrogen) atoms. The minimum atomic E-state index is -0.0816. The first-order valence-corrected chi connectivity index (χ1v) is 13.6. The van der Waals surface area contributed by atoms with E-state index in [0.717, 1.165) is 29.9 Å². The molecule has 0 bridgehead atoms. The Morgan fingerprint density at radius 3 is 1.82 bits per heavy atom. The average Bonchev–Trinajstić information content (AvgIpc) is 2.89. The van der Waals surface area contributed by atoms with Crippen molar-refractivity contribution in [3.63, 3.8) is 0 Å². The van der Waals surface area contributed by atoms with Crippen molar-refractivity contribution in [2.75, 3.05) is 0 Å². The molecule has 3 aromatic carbocycles. The third-order valence-electron chi connectivity index (χ3n) is 7.95. The Bertz CT molecular complexity index is 1010. The predicted molar refractivity (Wildman–Crippen MR) is 144 cm³/mol. The fourth-order valence-electron chi connectivity index (χ4n) is 5.51. The molecular weight excluding hydrogens is 415 g/mol. The van der Waals surface area contributed by atoms with Gasteiger partial charge < -0.3 is 0 Å². The van der Waals surface area contributed by atoms with Crippen LogP contribution in [0.25, 0.3) is 11.1 Å². The molecule has 1 aliphatic carbocycles. The van der Waals surface area contributed by atoms with Crippen molar-refractivity contribution < 1.29 is 4.39 Å². The Morgan fingerprint density at radius 1 is 0.676 bits per heavy atom. The topological polar surface area (TPSA) is 0 Å². The lowest BCUT2D eigenvalue weighted by Crippen LogP contribution is -2.12. The maximum atomic E-state index is 15.0. The van der Waals surface area contributed by atoms with Gasteiger partial charge in [0.15, 0.2) is 0 Å². The molecule has 0 nitrogen and oxygen atoms in total. The number of rotatable bonds is 10. The first kappa shape index (κ1) is 24.7. The summed E-state index contributed by atoms with van der Waals surface area (Å²) in [6.07, 6.45) is 13.4. The van der Waals surface area contributed by atoms with Crippen LogP contribution in [0.5, 0.6) is 0 Å². The maximum absolute atomic E-state index is 15.0. The molecule has 1 aliphatic rings. The number of benzene rings is 3. The van der Waals surface area contributed by atoms with E-state index < -0.39 is 0 Å². The van der Waals surface area contributed by atoms with Gasteiger partial charge in [0.05, 0.1) is 0 Å². The molecule has 0 atom stereocenters. The molecule has 0 amide bonds. The quantitative estimate of drug-likeness (QED) is 0.266. The van der Waals surface area contributed by atoms with E-state index in [1.165, 1.54) is 80.0 Å². The Morgan fingerprint density at radius 2 is 1.26 bits per heavy atom. The average molecular weight is 457 g/mol. The summed E-state index contributed by atoms with van der Waals surface area (Å²) in [5.41, 5.74) is 7.01. The SMILES string of the molecule is CCCCCc1ccc(CCc2ccc(-c3ccc(C4CCC(CC)CC4)cc3F)cc2)cc1. The summed E-state index contributed by atoms with van der Waals surface area (Å²) in [6.45, 7) is 4.54. The summed E-state index contributed by atoms with van der Waals surface area (Å²) in [6, 6.07) is 23.6. The van der Waals surface area contributed by atoms with E-state index in [-0.39, 0.29) is 5.82 Å². The van der Waals surface area contributed by atoms with Crippen LogP contribution in [0.3, 0.4) is 0 Å². The van der Waals surface area contributed by atoms with Gasteiger partial charge in [-0.05, 0) is 97.1 Å². The first-order valence-electron chi connectivity index (χ1n) is 13.6. The van der Waals surface area contributed by atoms with Crippen LogP contribution in [0, 0.1) is 11.7 Å². The zero-order chi connectivity index (χ0) is 23.8. The molecule has 0 saturated heterocycles. The molecule has 0 unspecified atom stereocenters. The highest BCUT2D eigenvalue weighted by atomic mass is 19.1. The lowest BCUT2D eigenvalue weighted by molar-refractivity contribution is 0.318. The van der Waals surface area contributed by atoms with Gasteiger partial charge in [-0.25, -0.2) is 4.39 Å². The van der Waals surface area contributed by atoms with Crippen molar-refractivity contribution in [2.24, 2.45) is 5.92 Å². The van der Waals surface area contributed by atoms with Gasteiger partial charge in [-0.1, -0.05) is 93.8 Å². The van der Waals surface area contributed by atoms with Crippen molar-refractivity contribution in [1.29, 1.82) is 0 Å². The van der Waals surface area contributed by atoms with E-state index in [1.807, 2.05) is 6.07 Å². The Kier molecular flexibility index (Phi) is 8.97. The summed E-state index contributed by atoms with van der Waals surface area (Å²) >= 11 is 0. The minimum absolute atomic E-state index is 0.0816. The second-order valence-electron chi connectivity index (χ2n) is 10.3. The van der Waals surface area contributed by atoms with Gasteiger partial charge in [-0.15, -0.1) is 0 Å². The van der Waals surface area contributed by atoms with Gasteiger partial charge in [0.1, 0.15) is 5.82 Å². The fourth-order valence-corrected chi connectivity index (χ4v) is 5.51. The fraction of sp³-hybridized carbons (Fsp3) is 0.455. The first-order chi connectivity index (χ1) is 16.7. The van der Waals surface area contributed by atoms with E-state index in [2.05, 4.69) is 68.4 Å². The normalized spacial score (nSPS) is 18.2. The predicted octanol–water partition coefficient (Wildman–Crippen LogP) is 9.69. The molecule has 0 spiro atoms. The van der Waals surface area contributed by atoms with Crippen LogP contribution in [0.1, 0.15) is 93.4 Å². The van der Waals surface area contributed by atoms with E-state index in [0.29, 0.717) is 5.92 Å². The molecule has 180 valence electrons. The lowest BCUT2D eigenvalue weighted by Gasteiger charge is -2.28. The number of aryl methyl sites for hydroxylation is 3. The molecule has 1 saturated carbocycles. The second-order valence-corrected chi connectivity index (χ2v) is 10.3. The molecule has 0 aliphatic heterocycles. The van der Waals surface area contributed by atoms with E-state index in [9.17, 15) is 0 Å². The highest BCUT2D eigenvalue weighted by Crippen LogP contribution is 2.38.